The number of pyridine rings is 1. The lowest BCUT2D eigenvalue weighted by atomic mass is 9.88. The van der Waals surface area contributed by atoms with Gasteiger partial charge in [-0.15, -0.1) is 0 Å². The van der Waals surface area contributed by atoms with Crippen LogP contribution >= 0.6 is 0 Å². The van der Waals surface area contributed by atoms with E-state index in [9.17, 15) is 0 Å². The second-order valence-corrected chi connectivity index (χ2v) is 33.6. The van der Waals surface area contributed by atoms with Gasteiger partial charge in [0.2, 0.25) is 0 Å². The van der Waals surface area contributed by atoms with E-state index in [1.165, 1.54) is 52.6 Å². The van der Waals surface area contributed by atoms with Gasteiger partial charge in [-0.2, -0.15) is 0 Å². The minimum Gasteiger partial charge on any atom is -0.458 e. The molecule has 452 valence electrons. The van der Waals surface area contributed by atoms with Crippen LogP contribution in [0, 0.1) is 6.33 Å². The highest BCUT2D eigenvalue weighted by Crippen LogP contribution is 2.44. The second kappa shape index (κ2) is 23.3. The molecule has 0 saturated carbocycles. The first-order valence-corrected chi connectivity index (χ1v) is 36.8. The van der Waals surface area contributed by atoms with Crippen LogP contribution in [0.15, 0.2) is 346 Å². The number of imidazole rings is 1. The standard InChI is InChI=1S/C88H66N4OSi2/c1-88(2,3)62-54-55-89-86(56-62)92-82-46-25-24-44-77(82)78-51-48-65(58-85(78)92)93-64-29-26-28-63(57-64)90-61-91-84-60-73(95(69-36-16-7-17-37-69,70-38-18-8-19-39-70)71-40-20-9-21-41-71)50-53-79(84)81-59-72(49-52-76(81)74-42-22-23-43-75(74)80-45-27-47-83(90)87(80)91)94(66-30-10-4-11-31-66,67-32-12-5-13-33-67)68-34-14-6-15-35-68/h4-60H,1-3H3. The Balaban J connectivity index is 0.920. The van der Waals surface area contributed by atoms with Crippen molar-refractivity contribution in [1.82, 2.24) is 14.1 Å². The topological polar surface area (TPSA) is 35.9 Å². The molecule has 0 aliphatic carbocycles. The van der Waals surface area contributed by atoms with Crippen LogP contribution in [0.25, 0.3) is 83.4 Å². The van der Waals surface area contributed by atoms with Gasteiger partial charge in [-0.25, -0.2) is 4.98 Å². The molecule has 5 nitrogen and oxygen atoms in total. The van der Waals surface area contributed by atoms with Crippen molar-refractivity contribution in [3.05, 3.63) is 358 Å². The first kappa shape index (κ1) is 57.4. The predicted octanol–water partition coefficient (Wildman–Crippen LogP) is 15.4. The fraction of sp³-hybridized carbons (Fsp3) is 0.0455. The number of rotatable bonds is 12. The Morgan fingerprint density at radius 3 is 1.39 bits per heavy atom. The van der Waals surface area contributed by atoms with Gasteiger partial charge in [0.15, 0.2) is 16.1 Å². The largest absolute Gasteiger partial charge is 0.458 e. The molecule has 0 fully saturated rings. The Kier molecular flexibility index (Phi) is 14.1. The smallest absolute Gasteiger partial charge is 0.269 e. The average molecular weight is 1250 g/mol. The molecule has 17 rings (SSSR count). The van der Waals surface area contributed by atoms with E-state index in [1.807, 2.05) is 6.20 Å². The molecule has 0 amide bonds. The van der Waals surface area contributed by atoms with Crippen molar-refractivity contribution in [3.8, 4) is 62.1 Å². The van der Waals surface area contributed by atoms with Crippen molar-refractivity contribution in [2.75, 3.05) is 0 Å². The molecule has 1 aliphatic rings. The maximum Gasteiger partial charge on any atom is 0.269 e. The number of fused-ring (bicyclic) bond motifs is 10. The first-order valence-electron chi connectivity index (χ1n) is 32.8. The molecule has 0 bridgehead atoms. The van der Waals surface area contributed by atoms with Gasteiger partial charge in [-0.1, -0.05) is 300 Å². The van der Waals surface area contributed by atoms with Crippen molar-refractivity contribution in [2.45, 2.75) is 26.2 Å². The first-order chi connectivity index (χ1) is 46.7. The van der Waals surface area contributed by atoms with E-state index in [0.717, 1.165) is 83.6 Å². The molecule has 95 heavy (non-hydrogen) atoms. The molecular formula is C88H66N4OSi2. The zero-order valence-corrected chi connectivity index (χ0v) is 55.1. The summed E-state index contributed by atoms with van der Waals surface area (Å²) in [5.41, 5.74) is 14.1. The van der Waals surface area contributed by atoms with Crippen molar-refractivity contribution in [1.29, 1.82) is 0 Å². The van der Waals surface area contributed by atoms with Crippen LogP contribution in [0.3, 0.4) is 0 Å². The summed E-state index contributed by atoms with van der Waals surface area (Å²) < 4.78 is 14.0. The Hall–Kier alpha value is -11.5. The van der Waals surface area contributed by atoms with Gasteiger partial charge in [0.1, 0.15) is 17.3 Å². The fourth-order valence-corrected chi connectivity index (χ4v) is 24.9. The molecule has 1 aliphatic heterocycles. The van der Waals surface area contributed by atoms with Gasteiger partial charge in [0, 0.05) is 23.0 Å². The SMILES string of the molecule is CC(C)(C)c1ccnc(-n2c3ccccc3c3ccc(Oc4cccc(-n5[c-][n+]6c7c(cccc75)-c5ccccc5-c5ccc([Si](c7ccccc7)(c7ccccc7)c7ccccc7)cc5-c5ccc([Si](c7ccccc7)(c7ccccc7)c7ccccc7)cc5-6)c4)cc32)c1. The van der Waals surface area contributed by atoms with Gasteiger partial charge in [-0.3, -0.25) is 13.7 Å². The fourth-order valence-electron chi connectivity index (χ4n) is 15.3. The summed E-state index contributed by atoms with van der Waals surface area (Å²) in [5, 5.41) is 12.7. The number of hydrogen-bond acceptors (Lipinski definition) is 2. The van der Waals surface area contributed by atoms with Gasteiger partial charge < -0.3 is 4.74 Å². The predicted molar refractivity (Wildman–Crippen MR) is 398 cm³/mol. The van der Waals surface area contributed by atoms with Crippen LogP contribution in [0.1, 0.15) is 26.3 Å². The lowest BCUT2D eigenvalue weighted by Gasteiger charge is -2.36. The Morgan fingerprint density at radius 2 is 0.811 bits per heavy atom. The molecule has 0 spiro atoms. The van der Waals surface area contributed by atoms with E-state index in [1.54, 1.807) is 0 Å². The molecule has 4 heterocycles. The summed E-state index contributed by atoms with van der Waals surface area (Å²) in [6, 6.07) is 126. The van der Waals surface area contributed by atoms with Crippen molar-refractivity contribution < 1.29 is 9.30 Å². The van der Waals surface area contributed by atoms with Crippen LogP contribution < -0.4 is 50.8 Å². The average Bonchev–Trinajstić information content (AvgIpc) is 1.71. The van der Waals surface area contributed by atoms with E-state index < -0.39 is 16.1 Å². The van der Waals surface area contributed by atoms with E-state index in [-0.39, 0.29) is 5.41 Å². The van der Waals surface area contributed by atoms with Crippen LogP contribution in [-0.2, 0) is 5.41 Å². The van der Waals surface area contributed by atoms with Crippen LogP contribution in [0.4, 0.5) is 0 Å². The molecule has 0 saturated heterocycles. The van der Waals surface area contributed by atoms with Gasteiger partial charge in [0.25, 0.3) is 6.33 Å². The molecule has 13 aromatic carbocycles. The minimum atomic E-state index is -3.11. The van der Waals surface area contributed by atoms with Crippen LogP contribution in [0.2, 0.25) is 0 Å². The normalized spacial score (nSPS) is 12.2. The summed E-state index contributed by atoms with van der Waals surface area (Å²) in [7, 11) is -6.16. The Labute approximate surface area is 556 Å². The Morgan fingerprint density at radius 1 is 0.347 bits per heavy atom. The quantitative estimate of drug-likeness (QED) is 0.0529. The number of aromatic nitrogens is 4. The summed E-state index contributed by atoms with van der Waals surface area (Å²) in [6.45, 7) is 6.74. The number of nitrogens with zero attached hydrogens (tertiary/aromatic N) is 4. The number of hydrogen-bond donors (Lipinski definition) is 0. The third-order valence-corrected chi connectivity index (χ3v) is 29.2. The minimum absolute atomic E-state index is 0.0508. The molecule has 0 unspecified atom stereocenters. The molecule has 7 heteroatoms. The van der Waals surface area contributed by atoms with E-state index in [4.69, 9.17) is 9.72 Å². The zero-order valence-electron chi connectivity index (χ0n) is 53.1. The van der Waals surface area contributed by atoms with E-state index in [2.05, 4.69) is 381 Å². The third-order valence-electron chi connectivity index (χ3n) is 19.6. The summed E-state index contributed by atoms with van der Waals surface area (Å²) in [4.78, 5) is 4.98. The van der Waals surface area contributed by atoms with Gasteiger partial charge >= 0.3 is 0 Å². The summed E-state index contributed by atoms with van der Waals surface area (Å²) in [6.07, 6.45) is 6.07. The molecule has 0 radical (unpaired) electrons. The van der Waals surface area contributed by atoms with Crippen LogP contribution in [-0.4, -0.2) is 30.3 Å². The number of ether oxygens (including phenoxy) is 1. The maximum atomic E-state index is 7.05. The monoisotopic (exact) mass is 1250 g/mol. The highest BCUT2D eigenvalue weighted by molar-refractivity contribution is 7.20. The third kappa shape index (κ3) is 9.48. The highest BCUT2D eigenvalue weighted by Gasteiger charge is 2.44. The molecule has 16 aromatic rings. The van der Waals surface area contributed by atoms with Crippen molar-refractivity contribution >= 4 is 90.5 Å². The number of benzene rings is 13. The zero-order chi connectivity index (χ0) is 63.7. The van der Waals surface area contributed by atoms with Crippen molar-refractivity contribution in [3.63, 3.8) is 0 Å². The van der Waals surface area contributed by atoms with E-state index in [0.29, 0.717) is 5.75 Å². The van der Waals surface area contributed by atoms with Gasteiger partial charge in [0.05, 0.1) is 33.4 Å². The van der Waals surface area contributed by atoms with Crippen molar-refractivity contribution in [2.24, 2.45) is 0 Å². The lowest BCUT2D eigenvalue weighted by Crippen LogP contribution is -2.75. The molecule has 3 aromatic heterocycles. The highest BCUT2D eigenvalue weighted by atomic mass is 28.3. The molecular weight excluding hydrogens is 1190 g/mol. The maximum absolute atomic E-state index is 7.05. The molecule has 0 N–H and O–H groups in total. The van der Waals surface area contributed by atoms with Crippen LogP contribution in [0.5, 0.6) is 11.5 Å². The Bertz CT molecular complexity index is 5360. The van der Waals surface area contributed by atoms with Gasteiger partial charge in [-0.05, 0) is 140 Å². The molecule has 0 atom stereocenters. The summed E-state index contributed by atoms with van der Waals surface area (Å²) >= 11 is 0. The summed E-state index contributed by atoms with van der Waals surface area (Å²) in [5.74, 6) is 2.31. The lowest BCUT2D eigenvalue weighted by molar-refractivity contribution is -0.571. The number of para-hydroxylation sites is 2. The second-order valence-electron chi connectivity index (χ2n) is 26.0. The van der Waals surface area contributed by atoms with E-state index >= 15 is 0 Å².